The quantitative estimate of drug-likeness (QED) is 0.706. The molecule has 0 aromatic heterocycles. The van der Waals surface area contributed by atoms with Gasteiger partial charge in [0.1, 0.15) is 0 Å². The molecule has 0 aliphatic carbocycles. The third-order valence-corrected chi connectivity index (χ3v) is 9.97. The van der Waals surface area contributed by atoms with Crippen molar-refractivity contribution in [1.29, 1.82) is 0 Å². The summed E-state index contributed by atoms with van der Waals surface area (Å²) in [6, 6.07) is 0. The van der Waals surface area contributed by atoms with E-state index in [4.69, 9.17) is 3.87 Å². The summed E-state index contributed by atoms with van der Waals surface area (Å²) in [6.07, 6.45) is 1.55. The van der Waals surface area contributed by atoms with E-state index in [1.54, 1.807) is 0 Å². The Morgan fingerprint density at radius 2 is 1.67 bits per heavy atom. The van der Waals surface area contributed by atoms with Crippen LogP contribution in [0.25, 0.3) is 0 Å². The van der Waals surface area contributed by atoms with Gasteiger partial charge in [-0.3, -0.25) is 0 Å². The van der Waals surface area contributed by atoms with Crippen molar-refractivity contribution in [3.8, 4) is 0 Å². The second-order valence-electron chi connectivity index (χ2n) is 5.46. The monoisotopic (exact) mass is 252 g/mol. The average molecular weight is 252 g/mol. The predicted octanol–water partition coefficient (Wildman–Crippen LogP) is 3.14. The first-order valence-corrected chi connectivity index (χ1v) is 9.94. The number of hydrogen-bond donors (Lipinski definition) is 0. The zero-order valence-electron chi connectivity index (χ0n) is 10.8. The van der Waals surface area contributed by atoms with Crippen LogP contribution in [0, 0.1) is 0 Å². The molecule has 0 bridgehead atoms. The molecular formula is C10H24O3SSi. The van der Waals surface area contributed by atoms with Crippen LogP contribution in [0.2, 0.25) is 18.1 Å². The van der Waals surface area contributed by atoms with Crippen LogP contribution in [-0.2, 0) is 14.0 Å². The molecule has 0 fully saturated rings. The Balaban J connectivity index is 4.59. The predicted molar refractivity (Wildman–Crippen MR) is 67.0 cm³/mol. The van der Waals surface area contributed by atoms with Crippen molar-refractivity contribution in [2.45, 2.75) is 58.7 Å². The van der Waals surface area contributed by atoms with E-state index in [0.29, 0.717) is 6.42 Å². The highest BCUT2D eigenvalue weighted by molar-refractivity contribution is 7.87. The molecule has 0 aliphatic rings. The SMILES string of the molecule is CCCCS(=O)(=O)O[Si](C)(C)C(C)(C)C. The van der Waals surface area contributed by atoms with Crippen molar-refractivity contribution in [2.24, 2.45) is 0 Å². The summed E-state index contributed by atoms with van der Waals surface area (Å²) < 4.78 is 28.7. The lowest BCUT2D eigenvalue weighted by molar-refractivity contribution is 0.454. The molecular weight excluding hydrogens is 228 g/mol. The molecule has 0 saturated heterocycles. The minimum Gasteiger partial charge on any atom is -0.315 e. The molecule has 15 heavy (non-hydrogen) atoms. The molecule has 0 aromatic rings. The van der Waals surface area contributed by atoms with E-state index in [1.807, 2.05) is 40.8 Å². The van der Waals surface area contributed by atoms with Crippen molar-refractivity contribution in [3.63, 3.8) is 0 Å². The highest BCUT2D eigenvalue weighted by atomic mass is 32.2. The Kier molecular flexibility index (Phi) is 5.01. The Hall–Kier alpha value is 0.127. The van der Waals surface area contributed by atoms with Crippen LogP contribution in [0.4, 0.5) is 0 Å². The van der Waals surface area contributed by atoms with Crippen LogP contribution in [0.3, 0.4) is 0 Å². The first-order chi connectivity index (χ1) is 6.52. The summed E-state index contributed by atoms with van der Waals surface area (Å²) >= 11 is 0. The second kappa shape index (κ2) is 4.97. The van der Waals surface area contributed by atoms with Gasteiger partial charge < -0.3 is 3.87 Å². The van der Waals surface area contributed by atoms with Crippen LogP contribution in [0.15, 0.2) is 0 Å². The molecule has 92 valence electrons. The van der Waals surface area contributed by atoms with Crippen molar-refractivity contribution < 1.29 is 12.3 Å². The Labute approximate surface area is 95.5 Å². The van der Waals surface area contributed by atoms with Crippen molar-refractivity contribution in [2.75, 3.05) is 5.75 Å². The smallest absolute Gasteiger partial charge is 0.257 e. The highest BCUT2D eigenvalue weighted by Crippen LogP contribution is 2.37. The summed E-state index contributed by atoms with van der Waals surface area (Å²) in [7, 11) is -5.50. The van der Waals surface area contributed by atoms with Gasteiger partial charge in [-0.15, -0.1) is 0 Å². The van der Waals surface area contributed by atoms with E-state index in [0.717, 1.165) is 6.42 Å². The van der Waals surface area contributed by atoms with Gasteiger partial charge in [-0.05, 0) is 24.6 Å². The molecule has 0 aromatic carbocycles. The molecule has 0 heterocycles. The third kappa shape index (κ3) is 5.13. The Morgan fingerprint density at radius 3 is 2.00 bits per heavy atom. The summed E-state index contributed by atoms with van der Waals surface area (Å²) in [5.74, 6) is 0.149. The Morgan fingerprint density at radius 1 is 1.20 bits per heavy atom. The van der Waals surface area contributed by atoms with E-state index in [2.05, 4.69) is 0 Å². The summed E-state index contributed by atoms with van der Waals surface area (Å²) in [6.45, 7) is 12.0. The minimum absolute atomic E-state index is 0.0632. The maximum Gasteiger partial charge on any atom is 0.257 e. The fourth-order valence-electron chi connectivity index (χ4n) is 0.805. The molecule has 0 spiro atoms. The van der Waals surface area contributed by atoms with Gasteiger partial charge in [0, 0.05) is 0 Å². The maximum atomic E-state index is 11.7. The van der Waals surface area contributed by atoms with Crippen LogP contribution in [-0.4, -0.2) is 22.5 Å². The van der Waals surface area contributed by atoms with Crippen LogP contribution in [0.1, 0.15) is 40.5 Å². The van der Waals surface area contributed by atoms with Gasteiger partial charge in [0.05, 0.1) is 5.75 Å². The van der Waals surface area contributed by atoms with Gasteiger partial charge >= 0.3 is 0 Å². The zero-order chi connectivity index (χ0) is 12.3. The molecule has 0 atom stereocenters. The van der Waals surface area contributed by atoms with Gasteiger partial charge in [-0.2, -0.15) is 0 Å². The molecule has 0 amide bonds. The van der Waals surface area contributed by atoms with Crippen molar-refractivity contribution >= 4 is 18.4 Å². The van der Waals surface area contributed by atoms with E-state index >= 15 is 0 Å². The van der Waals surface area contributed by atoms with Gasteiger partial charge in [0.15, 0.2) is 0 Å². The fourth-order valence-corrected chi connectivity index (χ4v) is 5.32. The molecule has 3 nitrogen and oxygen atoms in total. The first-order valence-electron chi connectivity index (χ1n) is 5.45. The van der Waals surface area contributed by atoms with E-state index in [9.17, 15) is 8.42 Å². The van der Waals surface area contributed by atoms with Gasteiger partial charge in [0.2, 0.25) is 8.32 Å². The van der Waals surface area contributed by atoms with E-state index in [-0.39, 0.29) is 10.8 Å². The third-order valence-electron chi connectivity index (χ3n) is 2.89. The van der Waals surface area contributed by atoms with Gasteiger partial charge in [-0.1, -0.05) is 34.1 Å². The summed E-state index contributed by atoms with van der Waals surface area (Å²) in [5.41, 5.74) is 0. The first kappa shape index (κ1) is 15.1. The topological polar surface area (TPSA) is 43.4 Å². The lowest BCUT2D eigenvalue weighted by Gasteiger charge is -2.35. The molecule has 0 rings (SSSR count). The van der Waals surface area contributed by atoms with Gasteiger partial charge in [0.25, 0.3) is 10.1 Å². The fraction of sp³-hybridized carbons (Fsp3) is 1.00. The number of hydrogen-bond acceptors (Lipinski definition) is 3. The molecule has 0 radical (unpaired) electrons. The van der Waals surface area contributed by atoms with Gasteiger partial charge in [-0.25, -0.2) is 8.42 Å². The lowest BCUT2D eigenvalue weighted by atomic mass is 10.2. The maximum absolute atomic E-state index is 11.7. The lowest BCUT2D eigenvalue weighted by Crippen LogP contribution is -2.43. The summed E-state index contributed by atoms with van der Waals surface area (Å²) in [4.78, 5) is 0. The molecule has 0 aliphatic heterocycles. The average Bonchev–Trinajstić information content (AvgIpc) is 1.96. The van der Waals surface area contributed by atoms with Crippen LogP contribution >= 0.6 is 0 Å². The van der Waals surface area contributed by atoms with E-state index < -0.39 is 18.4 Å². The van der Waals surface area contributed by atoms with Crippen LogP contribution < -0.4 is 0 Å². The number of unbranched alkanes of at least 4 members (excludes halogenated alkanes) is 1. The minimum atomic E-state index is -3.32. The molecule has 0 saturated carbocycles. The summed E-state index contributed by atoms with van der Waals surface area (Å²) in [5, 5.41) is -0.0632. The molecule has 0 N–H and O–H groups in total. The van der Waals surface area contributed by atoms with Crippen molar-refractivity contribution in [1.82, 2.24) is 0 Å². The Bertz CT molecular complexity index is 288. The highest BCUT2D eigenvalue weighted by Gasteiger charge is 2.41. The van der Waals surface area contributed by atoms with E-state index in [1.165, 1.54) is 0 Å². The molecule has 0 unspecified atom stereocenters. The largest absolute Gasteiger partial charge is 0.315 e. The van der Waals surface area contributed by atoms with Crippen molar-refractivity contribution in [3.05, 3.63) is 0 Å². The standard InChI is InChI=1S/C10H24O3SSi/c1-7-8-9-14(11,12)13-15(5,6)10(2,3)4/h7-9H2,1-6H3. The normalized spacial score (nSPS) is 14.3. The molecule has 5 heteroatoms. The zero-order valence-corrected chi connectivity index (χ0v) is 12.6. The number of rotatable bonds is 5. The second-order valence-corrected chi connectivity index (χ2v) is 12.2. The van der Waals surface area contributed by atoms with Crippen LogP contribution in [0.5, 0.6) is 0 Å².